The first-order valence-corrected chi connectivity index (χ1v) is 12.3. The second kappa shape index (κ2) is 11.8. The predicted octanol–water partition coefficient (Wildman–Crippen LogP) is 5.54. The largest absolute Gasteiger partial charge is 0.345 e. The first-order valence-electron chi connectivity index (χ1n) is 9.12. The van der Waals surface area contributed by atoms with Crippen molar-refractivity contribution < 1.29 is 27.2 Å². The van der Waals surface area contributed by atoms with E-state index in [0.717, 1.165) is 5.56 Å². The smallest absolute Gasteiger partial charge is 0.308 e. The van der Waals surface area contributed by atoms with Crippen LogP contribution in [0.2, 0.25) is 0 Å². The number of rotatable bonds is 13. The molecule has 1 atom stereocenters. The molecule has 0 unspecified atom stereocenters. The fourth-order valence-electron chi connectivity index (χ4n) is 2.73. The van der Waals surface area contributed by atoms with Crippen LogP contribution in [0, 0.1) is 11.3 Å². The maximum atomic E-state index is 13.5. The van der Waals surface area contributed by atoms with E-state index in [9.17, 15) is 14.4 Å². The zero-order chi connectivity index (χ0) is 20.3. The molecule has 0 saturated carbocycles. The summed E-state index contributed by atoms with van der Waals surface area (Å²) in [4.78, 5) is 0. The summed E-state index contributed by atoms with van der Waals surface area (Å²) >= 11 is 0. The van der Waals surface area contributed by atoms with E-state index in [2.05, 4.69) is 6.07 Å². The van der Waals surface area contributed by atoms with Crippen LogP contribution in [0.5, 0.6) is 0 Å². The number of hydrogen-bond donors (Lipinski definition) is 0. The molecular formula is C18H29NO6P2. The highest BCUT2D eigenvalue weighted by molar-refractivity contribution is 7.72. The second-order valence-corrected chi connectivity index (χ2v) is 10.4. The zero-order valence-electron chi connectivity index (χ0n) is 16.4. The summed E-state index contributed by atoms with van der Waals surface area (Å²) < 4.78 is 48.8. The van der Waals surface area contributed by atoms with Gasteiger partial charge in [-0.25, -0.2) is 0 Å². The van der Waals surface area contributed by atoms with Crippen molar-refractivity contribution in [1.29, 1.82) is 5.26 Å². The molecule has 0 N–H and O–H groups in total. The van der Waals surface area contributed by atoms with Crippen molar-refractivity contribution in [3.05, 3.63) is 35.9 Å². The van der Waals surface area contributed by atoms with Gasteiger partial charge < -0.3 is 18.1 Å². The summed E-state index contributed by atoms with van der Waals surface area (Å²) in [6.07, 6.45) is -0.0327. The normalized spacial score (nSPS) is 13.5. The molecule has 0 aromatic heterocycles. The molecule has 0 radical (unpaired) electrons. The third-order valence-corrected chi connectivity index (χ3v) is 9.82. The van der Waals surface area contributed by atoms with Crippen LogP contribution in [0.15, 0.2) is 30.3 Å². The summed E-state index contributed by atoms with van der Waals surface area (Å²) in [6, 6.07) is 11.2. The van der Waals surface area contributed by atoms with Crippen LogP contribution < -0.4 is 0 Å². The van der Waals surface area contributed by atoms with Crippen LogP contribution in [0.4, 0.5) is 0 Å². The van der Waals surface area contributed by atoms with Crippen molar-refractivity contribution >= 4 is 15.2 Å². The Kier molecular flexibility index (Phi) is 10.5. The minimum Gasteiger partial charge on any atom is -0.308 e. The van der Waals surface area contributed by atoms with Gasteiger partial charge in [-0.2, -0.15) is 5.26 Å². The Morgan fingerprint density at radius 2 is 1.26 bits per heavy atom. The highest BCUT2D eigenvalue weighted by atomic mass is 31.2. The topological polar surface area (TPSA) is 94.9 Å². The van der Waals surface area contributed by atoms with Crippen molar-refractivity contribution in [2.75, 3.05) is 26.4 Å². The Balaban J connectivity index is 3.41. The third-order valence-electron chi connectivity index (χ3n) is 3.77. The van der Waals surface area contributed by atoms with Gasteiger partial charge in [-0.15, -0.1) is 0 Å². The van der Waals surface area contributed by atoms with Crippen LogP contribution in [0.1, 0.15) is 45.6 Å². The van der Waals surface area contributed by atoms with Crippen molar-refractivity contribution in [1.82, 2.24) is 0 Å². The van der Waals surface area contributed by atoms with Gasteiger partial charge in [-0.1, -0.05) is 30.3 Å². The molecule has 0 spiro atoms. The molecule has 9 heteroatoms. The maximum absolute atomic E-state index is 13.5. The average Bonchev–Trinajstić information content (AvgIpc) is 2.64. The Hall–Kier alpha value is -0.990. The van der Waals surface area contributed by atoms with Gasteiger partial charge in [0.15, 0.2) is 5.40 Å². The molecule has 1 rings (SSSR count). The summed E-state index contributed by atoms with van der Waals surface area (Å²) in [5, 5.41) is 8.49. The quantitative estimate of drug-likeness (QED) is 0.389. The van der Waals surface area contributed by atoms with Gasteiger partial charge in [0.1, 0.15) is 0 Å². The molecule has 27 heavy (non-hydrogen) atoms. The van der Waals surface area contributed by atoms with Gasteiger partial charge in [0.25, 0.3) is 0 Å². The van der Waals surface area contributed by atoms with E-state index in [1.807, 2.05) is 18.2 Å². The second-order valence-electron chi connectivity index (χ2n) is 5.56. The minimum atomic E-state index is -3.86. The lowest BCUT2D eigenvalue weighted by molar-refractivity contribution is 0.193. The standard InChI is InChI=1S/C18H29NO6P2/c1-5-22-26(20,23-6-2)18(27(21,24-7-3)25-8-4)14-17(15-19)16-12-10-9-11-13-16/h9-13,17-18H,5-8,14H2,1-4H3/t17-/m1/s1. The van der Waals surface area contributed by atoms with E-state index in [-0.39, 0.29) is 32.8 Å². The summed E-state index contributed by atoms with van der Waals surface area (Å²) in [5.74, 6) is -0.667. The van der Waals surface area contributed by atoms with E-state index in [4.69, 9.17) is 18.1 Å². The lowest BCUT2D eigenvalue weighted by atomic mass is 9.98. The SMILES string of the molecule is CCOP(=O)(OCC)C(C[C@H](C#N)c1ccccc1)P(=O)(OCC)OCC. The highest BCUT2D eigenvalue weighted by Gasteiger charge is 2.51. The minimum absolute atomic E-state index is 0.0327. The highest BCUT2D eigenvalue weighted by Crippen LogP contribution is 2.72. The molecule has 7 nitrogen and oxygen atoms in total. The molecule has 0 aliphatic carbocycles. The third kappa shape index (κ3) is 6.54. The molecule has 0 aliphatic rings. The molecule has 0 amide bonds. The number of benzene rings is 1. The average molecular weight is 417 g/mol. The van der Waals surface area contributed by atoms with Crippen molar-refractivity contribution in [2.45, 2.75) is 45.4 Å². The number of hydrogen-bond acceptors (Lipinski definition) is 7. The molecule has 0 fully saturated rings. The van der Waals surface area contributed by atoms with Gasteiger partial charge in [0.2, 0.25) is 0 Å². The van der Waals surface area contributed by atoms with Gasteiger partial charge in [0, 0.05) is 0 Å². The Morgan fingerprint density at radius 3 is 1.59 bits per heavy atom. The molecule has 0 saturated heterocycles. The fraction of sp³-hybridized carbons (Fsp3) is 0.611. The molecule has 0 aliphatic heterocycles. The Bertz CT molecular complexity index is 641. The van der Waals surface area contributed by atoms with Crippen molar-refractivity contribution in [3.63, 3.8) is 0 Å². The number of nitriles is 1. The monoisotopic (exact) mass is 417 g/mol. The molecule has 1 aromatic rings. The predicted molar refractivity (Wildman–Crippen MR) is 105 cm³/mol. The first-order chi connectivity index (χ1) is 12.9. The van der Waals surface area contributed by atoms with Gasteiger partial charge in [-0.3, -0.25) is 9.13 Å². The van der Waals surface area contributed by atoms with E-state index < -0.39 is 26.5 Å². The van der Waals surface area contributed by atoms with Gasteiger partial charge >= 0.3 is 15.2 Å². The van der Waals surface area contributed by atoms with Crippen molar-refractivity contribution in [2.24, 2.45) is 0 Å². The van der Waals surface area contributed by atoms with Crippen LogP contribution in [-0.4, -0.2) is 31.8 Å². The van der Waals surface area contributed by atoms with Crippen LogP contribution >= 0.6 is 15.2 Å². The van der Waals surface area contributed by atoms with E-state index in [0.29, 0.717) is 0 Å². The summed E-state index contributed by atoms with van der Waals surface area (Å²) in [5.41, 5.74) is 0.726. The fourth-order valence-corrected chi connectivity index (χ4v) is 8.13. The maximum Gasteiger partial charge on any atom is 0.345 e. The van der Waals surface area contributed by atoms with Crippen molar-refractivity contribution in [3.8, 4) is 6.07 Å². The van der Waals surface area contributed by atoms with E-state index in [1.54, 1.807) is 39.8 Å². The Morgan fingerprint density at radius 1 is 0.852 bits per heavy atom. The van der Waals surface area contributed by atoms with Crippen LogP contribution in [0.3, 0.4) is 0 Å². The molecule has 152 valence electrons. The lowest BCUT2D eigenvalue weighted by Gasteiger charge is -2.32. The van der Waals surface area contributed by atoms with E-state index in [1.165, 1.54) is 0 Å². The first kappa shape index (κ1) is 24.0. The zero-order valence-corrected chi connectivity index (χ0v) is 18.2. The molecule has 0 heterocycles. The summed E-state index contributed by atoms with van der Waals surface area (Å²) in [6.45, 7) is 7.12. The Labute approximate surface area is 162 Å². The van der Waals surface area contributed by atoms with Gasteiger partial charge in [-0.05, 0) is 39.7 Å². The van der Waals surface area contributed by atoms with Crippen LogP contribution in [0.25, 0.3) is 0 Å². The molecule has 0 bridgehead atoms. The van der Waals surface area contributed by atoms with Crippen LogP contribution in [-0.2, 0) is 27.2 Å². The molecular weight excluding hydrogens is 388 g/mol. The van der Waals surface area contributed by atoms with Gasteiger partial charge in [0.05, 0.1) is 38.4 Å². The number of nitrogens with zero attached hydrogens (tertiary/aromatic N) is 1. The van der Waals surface area contributed by atoms with E-state index >= 15 is 0 Å². The molecule has 1 aromatic carbocycles. The summed E-state index contributed by atoms with van der Waals surface area (Å²) in [7, 11) is -7.72. The lowest BCUT2D eigenvalue weighted by Crippen LogP contribution is -2.20.